The fraction of sp³-hybridized carbons (Fsp3) is 0.0732. The molecule has 0 saturated carbocycles. The number of hydrogen-bond donors (Lipinski definition) is 0. The molecule has 0 fully saturated rings. The van der Waals surface area contributed by atoms with Crippen LogP contribution in [0.2, 0.25) is 0 Å². The van der Waals surface area contributed by atoms with Gasteiger partial charge in [-0.3, -0.25) is 0 Å². The zero-order valence-electron chi connectivity index (χ0n) is 25.0. The van der Waals surface area contributed by atoms with Crippen LogP contribution in [-0.4, -0.2) is 0 Å². The van der Waals surface area contributed by atoms with E-state index in [0.29, 0.717) is 0 Å². The predicted molar refractivity (Wildman–Crippen MR) is 185 cm³/mol. The molecule has 210 valence electrons. The van der Waals surface area contributed by atoms with Crippen LogP contribution in [0.25, 0.3) is 12.2 Å². The molecular weight excluding hydrogens is 520 g/mol. The van der Waals surface area contributed by atoms with Crippen molar-refractivity contribution in [1.82, 2.24) is 0 Å². The number of para-hydroxylation sites is 1. The first-order valence-corrected chi connectivity index (χ1v) is 14.8. The molecule has 0 aliphatic carbocycles. The molecule has 6 aromatic carbocycles. The quantitative estimate of drug-likeness (QED) is 0.172. The summed E-state index contributed by atoms with van der Waals surface area (Å²) in [6.45, 7) is 6.41. The van der Waals surface area contributed by atoms with Crippen molar-refractivity contribution in [1.29, 1.82) is 0 Å². The Bertz CT molecular complexity index is 1790. The Kier molecular flexibility index (Phi) is 8.19. The van der Waals surface area contributed by atoms with Gasteiger partial charge < -0.3 is 9.80 Å². The second-order valence-corrected chi connectivity index (χ2v) is 11.0. The van der Waals surface area contributed by atoms with Gasteiger partial charge in [0.15, 0.2) is 0 Å². The van der Waals surface area contributed by atoms with Gasteiger partial charge >= 0.3 is 0 Å². The van der Waals surface area contributed by atoms with E-state index in [0.717, 1.165) is 45.3 Å². The maximum absolute atomic E-state index is 2.32. The van der Waals surface area contributed by atoms with E-state index in [1.54, 1.807) is 0 Å². The van der Waals surface area contributed by atoms with Gasteiger partial charge in [0.2, 0.25) is 0 Å². The minimum Gasteiger partial charge on any atom is -0.310 e. The van der Waals surface area contributed by atoms with Crippen LogP contribution in [0.1, 0.15) is 27.8 Å². The predicted octanol–water partition coefficient (Wildman–Crippen LogP) is 11.7. The molecule has 0 aromatic heterocycles. The van der Waals surface area contributed by atoms with Gasteiger partial charge in [-0.1, -0.05) is 91.0 Å². The molecule has 6 rings (SSSR count). The van der Waals surface area contributed by atoms with Crippen LogP contribution in [0.5, 0.6) is 0 Å². The molecule has 0 spiro atoms. The fourth-order valence-electron chi connectivity index (χ4n) is 5.43. The molecular formula is C41H36N2. The molecule has 43 heavy (non-hydrogen) atoms. The lowest BCUT2D eigenvalue weighted by Crippen LogP contribution is -2.10. The van der Waals surface area contributed by atoms with Gasteiger partial charge in [0.1, 0.15) is 0 Å². The van der Waals surface area contributed by atoms with Gasteiger partial charge in [0.25, 0.3) is 0 Å². The molecule has 0 aliphatic heterocycles. The number of nitrogens with zero attached hydrogens (tertiary/aromatic N) is 2. The Balaban J connectivity index is 1.24. The van der Waals surface area contributed by atoms with Gasteiger partial charge in [-0.2, -0.15) is 0 Å². The second kappa shape index (κ2) is 12.7. The fourth-order valence-corrected chi connectivity index (χ4v) is 5.43. The highest BCUT2D eigenvalue weighted by Gasteiger charge is 2.13. The number of rotatable bonds is 8. The van der Waals surface area contributed by atoms with Gasteiger partial charge in [-0.25, -0.2) is 0 Å². The molecule has 0 atom stereocenters. The monoisotopic (exact) mass is 556 g/mol. The molecule has 0 amide bonds. The van der Waals surface area contributed by atoms with Crippen molar-refractivity contribution in [3.05, 3.63) is 179 Å². The van der Waals surface area contributed by atoms with Crippen LogP contribution < -0.4 is 9.80 Å². The van der Waals surface area contributed by atoms with Crippen LogP contribution in [0, 0.1) is 20.8 Å². The largest absolute Gasteiger partial charge is 0.310 e. The van der Waals surface area contributed by atoms with E-state index in [1.165, 1.54) is 16.7 Å². The minimum atomic E-state index is 1.13. The van der Waals surface area contributed by atoms with E-state index in [4.69, 9.17) is 0 Å². The van der Waals surface area contributed by atoms with Crippen molar-refractivity contribution in [2.45, 2.75) is 20.8 Å². The van der Waals surface area contributed by atoms with Gasteiger partial charge in [-0.15, -0.1) is 0 Å². The van der Waals surface area contributed by atoms with E-state index in [2.05, 4.69) is 194 Å². The summed E-state index contributed by atoms with van der Waals surface area (Å²) in [4.78, 5) is 4.62. The third-order valence-corrected chi connectivity index (χ3v) is 7.56. The lowest BCUT2D eigenvalue weighted by atomic mass is 10.1. The number of benzene rings is 6. The third-order valence-electron chi connectivity index (χ3n) is 7.56. The maximum atomic E-state index is 2.32. The Morgan fingerprint density at radius 3 is 1.02 bits per heavy atom. The first kappa shape index (κ1) is 27.8. The standard InChI is InChI=1S/C41H36N2/c1-31-10-7-15-39(28-31)42(36-13-5-4-6-14-36)37-24-20-34(21-25-37)18-19-35-22-26-38(27-23-35)43(40-16-8-11-32(2)29-40)41-17-9-12-33(3)30-41/h4-30H,1-3H3. The molecule has 0 heterocycles. The molecule has 2 nitrogen and oxygen atoms in total. The average molecular weight is 557 g/mol. The molecule has 0 radical (unpaired) electrons. The Morgan fingerprint density at radius 2 is 0.651 bits per heavy atom. The molecule has 6 aromatic rings. The van der Waals surface area contributed by atoms with Crippen molar-refractivity contribution in [3.8, 4) is 0 Å². The van der Waals surface area contributed by atoms with E-state index in [-0.39, 0.29) is 0 Å². The first-order valence-electron chi connectivity index (χ1n) is 14.8. The number of anilines is 6. The molecule has 0 aliphatic rings. The maximum Gasteiger partial charge on any atom is 0.0464 e. The van der Waals surface area contributed by atoms with Gasteiger partial charge in [0.05, 0.1) is 0 Å². The Hall–Kier alpha value is -5.34. The summed E-state index contributed by atoms with van der Waals surface area (Å²) < 4.78 is 0. The first-order chi connectivity index (χ1) is 21.0. The van der Waals surface area contributed by atoms with E-state index >= 15 is 0 Å². The normalized spacial score (nSPS) is 11.0. The van der Waals surface area contributed by atoms with Crippen LogP contribution in [0.15, 0.2) is 152 Å². The topological polar surface area (TPSA) is 6.48 Å². The van der Waals surface area contributed by atoms with Crippen LogP contribution in [-0.2, 0) is 0 Å². The van der Waals surface area contributed by atoms with Crippen LogP contribution in [0.3, 0.4) is 0 Å². The zero-order valence-corrected chi connectivity index (χ0v) is 25.0. The number of aryl methyl sites for hydroxylation is 3. The summed E-state index contributed by atoms with van der Waals surface area (Å²) in [6.07, 6.45) is 4.36. The molecule has 0 N–H and O–H groups in total. The highest BCUT2D eigenvalue weighted by atomic mass is 15.1. The summed E-state index contributed by atoms with van der Waals surface area (Å²) in [5, 5.41) is 0. The summed E-state index contributed by atoms with van der Waals surface area (Å²) >= 11 is 0. The lowest BCUT2D eigenvalue weighted by Gasteiger charge is -2.26. The highest BCUT2D eigenvalue weighted by molar-refractivity contribution is 5.80. The highest BCUT2D eigenvalue weighted by Crippen LogP contribution is 2.36. The van der Waals surface area contributed by atoms with Crippen molar-refractivity contribution in [2.24, 2.45) is 0 Å². The van der Waals surface area contributed by atoms with Crippen molar-refractivity contribution >= 4 is 46.3 Å². The molecule has 2 heteroatoms. The summed E-state index contributed by atoms with van der Waals surface area (Å²) in [7, 11) is 0. The number of hydrogen-bond acceptors (Lipinski definition) is 2. The van der Waals surface area contributed by atoms with Crippen LogP contribution >= 0.6 is 0 Å². The van der Waals surface area contributed by atoms with Gasteiger partial charge in [-0.05, 0) is 121 Å². The molecule has 0 saturated heterocycles. The summed E-state index contributed by atoms with van der Waals surface area (Å²) in [5.41, 5.74) is 12.9. The average Bonchev–Trinajstić information content (AvgIpc) is 3.02. The minimum absolute atomic E-state index is 1.13. The van der Waals surface area contributed by atoms with E-state index in [9.17, 15) is 0 Å². The SMILES string of the molecule is Cc1cccc(N(c2ccccc2)c2ccc(C=Cc3ccc(N(c4cccc(C)c4)c4cccc(C)c4)cc3)cc2)c1. The third kappa shape index (κ3) is 6.60. The summed E-state index contributed by atoms with van der Waals surface area (Å²) in [6, 6.07) is 54.0. The Labute approximate surface area is 255 Å². The second-order valence-electron chi connectivity index (χ2n) is 11.0. The van der Waals surface area contributed by atoms with E-state index in [1.807, 2.05) is 0 Å². The smallest absolute Gasteiger partial charge is 0.0464 e. The van der Waals surface area contributed by atoms with Crippen molar-refractivity contribution < 1.29 is 0 Å². The van der Waals surface area contributed by atoms with E-state index < -0.39 is 0 Å². The van der Waals surface area contributed by atoms with Gasteiger partial charge in [0, 0.05) is 34.1 Å². The van der Waals surface area contributed by atoms with Crippen LogP contribution in [0.4, 0.5) is 34.1 Å². The van der Waals surface area contributed by atoms with Crippen molar-refractivity contribution in [3.63, 3.8) is 0 Å². The lowest BCUT2D eigenvalue weighted by molar-refractivity contribution is 1.26. The Morgan fingerprint density at radius 1 is 0.326 bits per heavy atom. The zero-order chi connectivity index (χ0) is 29.6. The summed E-state index contributed by atoms with van der Waals surface area (Å²) in [5.74, 6) is 0. The van der Waals surface area contributed by atoms with Crippen molar-refractivity contribution in [2.75, 3.05) is 9.80 Å². The molecule has 0 unspecified atom stereocenters. The molecule has 0 bridgehead atoms.